The average Bonchev–Trinajstić information content (AvgIpc) is 3.24. The topological polar surface area (TPSA) is 71.4 Å². The van der Waals surface area contributed by atoms with Crippen LogP contribution in [0.4, 0.5) is 4.39 Å². The second-order valence-electron chi connectivity index (χ2n) is 8.39. The number of carboxylic acids is 1. The lowest BCUT2D eigenvalue weighted by Gasteiger charge is -2.39. The molecule has 2 aliphatic rings. The Balaban J connectivity index is 1.35. The van der Waals surface area contributed by atoms with Gasteiger partial charge in [-0.05, 0) is 61.3 Å². The fourth-order valence-corrected chi connectivity index (χ4v) is 4.46. The van der Waals surface area contributed by atoms with E-state index in [0.717, 1.165) is 29.1 Å². The Morgan fingerprint density at radius 2 is 2.00 bits per heavy atom. The van der Waals surface area contributed by atoms with Crippen LogP contribution in [-0.2, 0) is 16.2 Å². The van der Waals surface area contributed by atoms with Gasteiger partial charge >= 0.3 is 5.97 Å². The molecule has 2 aliphatic heterocycles. The summed E-state index contributed by atoms with van der Waals surface area (Å²) in [7, 11) is 1.65. The van der Waals surface area contributed by atoms with E-state index in [1.165, 1.54) is 12.1 Å². The first-order chi connectivity index (χ1) is 15.0. The first kappa shape index (κ1) is 21.3. The monoisotopic (exact) mass is 426 g/mol. The van der Waals surface area contributed by atoms with Crippen molar-refractivity contribution in [3.8, 4) is 5.75 Å². The molecule has 0 aromatic heterocycles. The van der Waals surface area contributed by atoms with E-state index in [1.807, 2.05) is 18.2 Å². The van der Waals surface area contributed by atoms with Crippen LogP contribution in [0.2, 0.25) is 0 Å². The molecule has 2 aromatic carbocycles. The van der Waals surface area contributed by atoms with Crippen LogP contribution in [0, 0.1) is 11.2 Å². The fourth-order valence-electron chi connectivity index (χ4n) is 4.46. The summed E-state index contributed by atoms with van der Waals surface area (Å²) in [5.41, 5.74) is 1.88. The van der Waals surface area contributed by atoms with Gasteiger partial charge in [0.1, 0.15) is 17.7 Å². The number of carbonyl (C=O) groups is 1. The molecule has 0 aliphatic carbocycles. The number of likely N-dealkylation sites (tertiary alicyclic amines) is 1. The van der Waals surface area contributed by atoms with Gasteiger partial charge in [0.25, 0.3) is 0 Å². The predicted molar refractivity (Wildman–Crippen MR) is 115 cm³/mol. The van der Waals surface area contributed by atoms with Gasteiger partial charge < -0.3 is 14.7 Å². The summed E-state index contributed by atoms with van der Waals surface area (Å²) in [6, 6.07) is 14.1. The molecular weight excluding hydrogens is 399 g/mol. The highest BCUT2D eigenvalue weighted by Crippen LogP contribution is 2.39. The number of carboxylic acid groups (broad SMARTS) is 1. The highest BCUT2D eigenvalue weighted by molar-refractivity contribution is 6.01. The lowest BCUT2D eigenvalue weighted by atomic mass is 9.73. The van der Waals surface area contributed by atoms with Crippen LogP contribution in [-0.4, -0.2) is 48.0 Å². The first-order valence-electron chi connectivity index (χ1n) is 10.5. The second-order valence-corrected chi connectivity index (χ2v) is 8.39. The number of hydrogen-bond acceptors (Lipinski definition) is 5. The predicted octanol–water partition coefficient (Wildman–Crippen LogP) is 4.08. The van der Waals surface area contributed by atoms with Gasteiger partial charge in [-0.1, -0.05) is 29.4 Å². The molecule has 0 radical (unpaired) electrons. The summed E-state index contributed by atoms with van der Waals surface area (Å²) in [6.07, 6.45) is 1.81. The number of ether oxygens (including phenoxy) is 1. The Kier molecular flexibility index (Phi) is 6.23. The van der Waals surface area contributed by atoms with E-state index in [2.05, 4.69) is 16.1 Å². The Bertz CT molecular complexity index is 952. The van der Waals surface area contributed by atoms with Gasteiger partial charge in [-0.25, -0.2) is 4.39 Å². The first-order valence-corrected chi connectivity index (χ1v) is 10.5. The van der Waals surface area contributed by atoms with E-state index in [0.29, 0.717) is 38.8 Å². The van der Waals surface area contributed by atoms with Crippen LogP contribution >= 0.6 is 0 Å². The Morgan fingerprint density at radius 3 is 2.68 bits per heavy atom. The molecule has 0 amide bonds. The van der Waals surface area contributed by atoms with Gasteiger partial charge in [-0.3, -0.25) is 9.69 Å². The highest BCUT2D eigenvalue weighted by Gasteiger charge is 2.44. The van der Waals surface area contributed by atoms with Crippen LogP contribution in [0.25, 0.3) is 0 Å². The molecule has 7 heteroatoms. The zero-order valence-corrected chi connectivity index (χ0v) is 17.6. The van der Waals surface area contributed by atoms with Gasteiger partial charge in [0.2, 0.25) is 0 Å². The maximum Gasteiger partial charge on any atom is 0.309 e. The summed E-state index contributed by atoms with van der Waals surface area (Å²) in [5, 5.41) is 14.2. The minimum atomic E-state index is -0.816. The SMILES string of the molecule is COc1cccc(CN2CCC(CC3CC(c4ccc(F)cc4)=NO3)(C(=O)O)CC2)c1. The lowest BCUT2D eigenvalue weighted by Crippen LogP contribution is -2.45. The molecule has 31 heavy (non-hydrogen) atoms. The molecule has 1 N–H and O–H groups in total. The number of piperidine rings is 1. The number of aliphatic carboxylic acids is 1. The van der Waals surface area contributed by atoms with Crippen molar-refractivity contribution in [1.82, 2.24) is 4.90 Å². The summed E-state index contributed by atoms with van der Waals surface area (Å²) < 4.78 is 18.4. The van der Waals surface area contributed by atoms with E-state index in [1.54, 1.807) is 19.2 Å². The molecule has 1 fully saturated rings. The minimum Gasteiger partial charge on any atom is -0.497 e. The standard InChI is InChI=1S/C24H27FN2O4/c1-30-20-4-2-3-17(13-20)16-27-11-9-24(10-12-27,23(28)29)15-21-14-22(26-31-21)18-5-7-19(25)8-6-18/h2-8,13,21H,9-12,14-16H2,1H3,(H,28,29). The Hall–Kier alpha value is -2.93. The van der Waals surface area contributed by atoms with E-state index in [-0.39, 0.29) is 11.9 Å². The lowest BCUT2D eigenvalue weighted by molar-refractivity contribution is -0.155. The molecule has 1 atom stereocenters. The van der Waals surface area contributed by atoms with Crippen molar-refractivity contribution in [3.05, 3.63) is 65.5 Å². The molecule has 0 bridgehead atoms. The number of nitrogens with zero attached hydrogens (tertiary/aromatic N) is 2. The number of halogens is 1. The van der Waals surface area contributed by atoms with Crippen molar-refractivity contribution >= 4 is 11.7 Å². The number of hydrogen-bond donors (Lipinski definition) is 1. The maximum absolute atomic E-state index is 13.2. The molecule has 2 aromatic rings. The molecule has 6 nitrogen and oxygen atoms in total. The van der Waals surface area contributed by atoms with E-state index >= 15 is 0 Å². The van der Waals surface area contributed by atoms with Crippen LogP contribution in [0.15, 0.2) is 53.7 Å². The van der Waals surface area contributed by atoms with Gasteiger partial charge in [-0.15, -0.1) is 0 Å². The van der Waals surface area contributed by atoms with Crippen molar-refractivity contribution in [1.29, 1.82) is 0 Å². The van der Waals surface area contributed by atoms with Crippen molar-refractivity contribution in [2.45, 2.75) is 38.3 Å². The van der Waals surface area contributed by atoms with E-state index in [4.69, 9.17) is 9.57 Å². The van der Waals surface area contributed by atoms with Gasteiger partial charge in [-0.2, -0.15) is 0 Å². The van der Waals surface area contributed by atoms with Crippen LogP contribution in [0.5, 0.6) is 5.75 Å². The highest BCUT2D eigenvalue weighted by atomic mass is 19.1. The molecule has 1 unspecified atom stereocenters. The van der Waals surface area contributed by atoms with Gasteiger partial charge in [0.15, 0.2) is 0 Å². The third-order valence-electron chi connectivity index (χ3n) is 6.34. The van der Waals surface area contributed by atoms with Crippen molar-refractivity contribution in [2.75, 3.05) is 20.2 Å². The van der Waals surface area contributed by atoms with Crippen molar-refractivity contribution in [3.63, 3.8) is 0 Å². The normalized spacial score (nSPS) is 20.7. The number of methoxy groups -OCH3 is 1. The molecule has 164 valence electrons. The zero-order valence-electron chi connectivity index (χ0n) is 17.6. The molecule has 1 saturated heterocycles. The fraction of sp³-hybridized carbons (Fsp3) is 0.417. The quantitative estimate of drug-likeness (QED) is 0.722. The third-order valence-corrected chi connectivity index (χ3v) is 6.34. The summed E-state index contributed by atoms with van der Waals surface area (Å²) in [4.78, 5) is 20.1. The average molecular weight is 426 g/mol. The largest absolute Gasteiger partial charge is 0.497 e. The Labute approximate surface area is 181 Å². The summed E-state index contributed by atoms with van der Waals surface area (Å²) in [6.45, 7) is 2.19. The molecule has 0 saturated carbocycles. The number of benzene rings is 2. The summed E-state index contributed by atoms with van der Waals surface area (Å²) in [5.74, 6) is -0.248. The molecule has 0 spiro atoms. The minimum absolute atomic E-state index is 0.277. The number of oxime groups is 1. The van der Waals surface area contributed by atoms with Crippen molar-refractivity contribution in [2.24, 2.45) is 10.6 Å². The van der Waals surface area contributed by atoms with Gasteiger partial charge in [0, 0.05) is 19.4 Å². The van der Waals surface area contributed by atoms with Crippen molar-refractivity contribution < 1.29 is 23.9 Å². The van der Waals surface area contributed by atoms with E-state index in [9.17, 15) is 14.3 Å². The van der Waals surface area contributed by atoms with Crippen LogP contribution in [0.3, 0.4) is 0 Å². The molecule has 2 heterocycles. The zero-order chi connectivity index (χ0) is 21.8. The maximum atomic E-state index is 13.2. The van der Waals surface area contributed by atoms with Crippen LogP contribution in [0.1, 0.15) is 36.8 Å². The molecule has 4 rings (SSSR count). The number of rotatable bonds is 7. The molecular formula is C24H27FN2O4. The van der Waals surface area contributed by atoms with Gasteiger partial charge in [0.05, 0.1) is 18.2 Å². The smallest absolute Gasteiger partial charge is 0.309 e. The van der Waals surface area contributed by atoms with E-state index < -0.39 is 11.4 Å². The summed E-state index contributed by atoms with van der Waals surface area (Å²) >= 11 is 0. The second kappa shape index (κ2) is 9.06. The van der Waals surface area contributed by atoms with Crippen LogP contribution < -0.4 is 4.74 Å². The third kappa shape index (κ3) is 4.88. The Morgan fingerprint density at radius 1 is 1.26 bits per heavy atom.